The molecule has 106 valence electrons. The van der Waals surface area contributed by atoms with Gasteiger partial charge < -0.3 is 10.5 Å². The molecule has 20 heavy (non-hydrogen) atoms. The summed E-state index contributed by atoms with van der Waals surface area (Å²) in [6.45, 7) is -0.0431. The Kier molecular flexibility index (Phi) is 3.83. The number of ether oxygens (including phenoxy) is 1. The molecule has 0 spiro atoms. The van der Waals surface area contributed by atoms with Crippen molar-refractivity contribution in [3.63, 3.8) is 0 Å². The van der Waals surface area contributed by atoms with Crippen LogP contribution in [0.25, 0.3) is 0 Å². The van der Waals surface area contributed by atoms with Crippen LogP contribution in [0.15, 0.2) is 42.5 Å². The summed E-state index contributed by atoms with van der Waals surface area (Å²) in [6.07, 6.45) is -4.70. The van der Waals surface area contributed by atoms with Crippen LogP contribution in [0.4, 0.5) is 23.2 Å². The van der Waals surface area contributed by atoms with Gasteiger partial charge in [0.2, 0.25) is 0 Å². The molecule has 0 aromatic heterocycles. The van der Waals surface area contributed by atoms with Gasteiger partial charge in [-0.15, -0.1) is 0 Å². The average molecular weight is 285 g/mol. The summed E-state index contributed by atoms with van der Waals surface area (Å²) >= 11 is 0. The Labute approximate surface area is 112 Å². The van der Waals surface area contributed by atoms with Crippen LogP contribution < -0.4 is 10.5 Å². The molecule has 2 rings (SSSR count). The summed E-state index contributed by atoms with van der Waals surface area (Å²) < 4.78 is 55.8. The summed E-state index contributed by atoms with van der Waals surface area (Å²) in [5.74, 6) is -0.850. The molecule has 0 aliphatic carbocycles. The van der Waals surface area contributed by atoms with E-state index in [4.69, 9.17) is 10.5 Å². The van der Waals surface area contributed by atoms with Crippen molar-refractivity contribution in [2.24, 2.45) is 0 Å². The molecule has 0 aliphatic heterocycles. The largest absolute Gasteiger partial charge is 0.489 e. The molecular weight excluding hydrogens is 274 g/mol. The number of halogens is 4. The zero-order chi connectivity index (χ0) is 14.8. The molecule has 2 N–H and O–H groups in total. The van der Waals surface area contributed by atoms with Crippen molar-refractivity contribution in [3.8, 4) is 5.75 Å². The van der Waals surface area contributed by atoms with Gasteiger partial charge in [0.25, 0.3) is 0 Å². The number of benzene rings is 2. The van der Waals surface area contributed by atoms with Gasteiger partial charge >= 0.3 is 6.18 Å². The van der Waals surface area contributed by atoms with Gasteiger partial charge in [-0.05, 0) is 29.8 Å². The smallest absolute Gasteiger partial charge is 0.419 e. The predicted octanol–water partition coefficient (Wildman–Crippen LogP) is 4.01. The molecule has 0 unspecified atom stereocenters. The Morgan fingerprint density at radius 3 is 2.40 bits per heavy atom. The first-order chi connectivity index (χ1) is 9.36. The van der Waals surface area contributed by atoms with E-state index >= 15 is 0 Å². The van der Waals surface area contributed by atoms with Crippen molar-refractivity contribution in [3.05, 3.63) is 59.4 Å². The highest BCUT2D eigenvalue weighted by Gasteiger charge is 2.33. The lowest BCUT2D eigenvalue weighted by molar-refractivity contribution is -0.140. The molecule has 2 nitrogen and oxygen atoms in total. The van der Waals surface area contributed by atoms with E-state index < -0.39 is 17.6 Å². The van der Waals surface area contributed by atoms with Crippen molar-refractivity contribution in [1.29, 1.82) is 0 Å². The fourth-order valence-corrected chi connectivity index (χ4v) is 1.65. The molecule has 0 saturated carbocycles. The first kappa shape index (κ1) is 14.2. The Hall–Kier alpha value is -2.24. The topological polar surface area (TPSA) is 35.2 Å². The maximum absolute atomic E-state index is 13.3. The molecule has 0 saturated heterocycles. The van der Waals surface area contributed by atoms with Crippen LogP contribution in [-0.4, -0.2) is 0 Å². The van der Waals surface area contributed by atoms with E-state index in [1.165, 1.54) is 6.07 Å². The number of nitrogens with two attached hydrogens (primary N) is 1. The van der Waals surface area contributed by atoms with Gasteiger partial charge in [0.1, 0.15) is 18.2 Å². The van der Waals surface area contributed by atoms with Crippen molar-refractivity contribution in [1.82, 2.24) is 0 Å². The Balaban J connectivity index is 2.10. The van der Waals surface area contributed by atoms with Crippen molar-refractivity contribution < 1.29 is 22.3 Å². The molecule has 0 atom stereocenters. The maximum atomic E-state index is 13.3. The van der Waals surface area contributed by atoms with E-state index in [2.05, 4.69) is 0 Å². The van der Waals surface area contributed by atoms with Crippen LogP contribution in [0, 0.1) is 5.82 Å². The van der Waals surface area contributed by atoms with Crippen LogP contribution in [0.1, 0.15) is 11.1 Å². The summed E-state index contributed by atoms with van der Waals surface area (Å²) in [6, 6.07) is 9.26. The van der Waals surface area contributed by atoms with Crippen LogP contribution >= 0.6 is 0 Å². The number of rotatable bonds is 3. The first-order valence-electron chi connectivity index (χ1n) is 5.70. The molecule has 0 bridgehead atoms. The van der Waals surface area contributed by atoms with Crippen molar-refractivity contribution >= 4 is 5.69 Å². The third-order valence-corrected chi connectivity index (χ3v) is 2.60. The van der Waals surface area contributed by atoms with Crippen molar-refractivity contribution in [2.45, 2.75) is 12.8 Å². The van der Waals surface area contributed by atoms with Crippen molar-refractivity contribution in [2.75, 3.05) is 5.73 Å². The van der Waals surface area contributed by atoms with Gasteiger partial charge in [0.05, 0.1) is 5.56 Å². The van der Waals surface area contributed by atoms with E-state index in [0.29, 0.717) is 23.1 Å². The molecule has 6 heteroatoms. The SMILES string of the molecule is Nc1cccc(OCc2ccc(C(F)(F)F)c(F)c2)c1. The predicted molar refractivity (Wildman–Crippen MR) is 66.6 cm³/mol. The van der Waals surface area contributed by atoms with E-state index in [1.807, 2.05) is 0 Å². The third-order valence-electron chi connectivity index (χ3n) is 2.60. The monoisotopic (exact) mass is 285 g/mol. The highest BCUT2D eigenvalue weighted by atomic mass is 19.4. The standard InChI is InChI=1S/C14H11F4NO/c15-13-6-9(4-5-12(13)14(16,17)18)8-20-11-3-1-2-10(19)7-11/h1-7H,8,19H2. The summed E-state index contributed by atoms with van der Waals surface area (Å²) in [4.78, 5) is 0. The summed E-state index contributed by atoms with van der Waals surface area (Å²) in [7, 11) is 0. The van der Waals surface area contributed by atoms with Crippen LogP contribution in [0.5, 0.6) is 5.75 Å². The highest BCUT2D eigenvalue weighted by Crippen LogP contribution is 2.31. The van der Waals surface area contributed by atoms with Crippen LogP contribution in [0.3, 0.4) is 0 Å². The van der Waals surface area contributed by atoms with Crippen LogP contribution in [-0.2, 0) is 12.8 Å². The molecule has 0 heterocycles. The molecule has 0 fully saturated rings. The van der Waals surface area contributed by atoms with E-state index in [0.717, 1.165) is 6.07 Å². The number of nitrogen functional groups attached to an aromatic ring is 1. The number of hydrogen-bond donors (Lipinski definition) is 1. The number of anilines is 1. The maximum Gasteiger partial charge on any atom is 0.419 e. The minimum atomic E-state index is -4.70. The first-order valence-corrected chi connectivity index (χ1v) is 5.70. The van der Waals surface area contributed by atoms with Crippen LogP contribution in [0.2, 0.25) is 0 Å². The lowest BCUT2D eigenvalue weighted by Crippen LogP contribution is -2.08. The van der Waals surface area contributed by atoms with Gasteiger partial charge in [-0.25, -0.2) is 4.39 Å². The van der Waals surface area contributed by atoms with Gasteiger partial charge in [0, 0.05) is 11.8 Å². The minimum absolute atomic E-state index is 0.0431. The number of alkyl halides is 3. The van der Waals surface area contributed by atoms with E-state index in [-0.39, 0.29) is 6.61 Å². The average Bonchev–Trinajstić information content (AvgIpc) is 2.35. The third kappa shape index (κ3) is 3.40. The fraction of sp³-hybridized carbons (Fsp3) is 0.143. The van der Waals surface area contributed by atoms with E-state index in [9.17, 15) is 17.6 Å². The van der Waals surface area contributed by atoms with E-state index in [1.54, 1.807) is 24.3 Å². The Morgan fingerprint density at radius 2 is 1.80 bits per heavy atom. The lowest BCUT2D eigenvalue weighted by Gasteiger charge is -2.10. The molecule has 2 aromatic carbocycles. The van der Waals surface area contributed by atoms with Gasteiger partial charge in [-0.2, -0.15) is 13.2 Å². The van der Waals surface area contributed by atoms with Gasteiger partial charge in [0.15, 0.2) is 0 Å². The van der Waals surface area contributed by atoms with Gasteiger partial charge in [-0.3, -0.25) is 0 Å². The second-order valence-electron chi connectivity index (χ2n) is 4.17. The molecule has 0 radical (unpaired) electrons. The zero-order valence-electron chi connectivity index (χ0n) is 10.2. The second kappa shape index (κ2) is 5.40. The molecule has 0 aliphatic rings. The number of hydrogen-bond acceptors (Lipinski definition) is 2. The summed E-state index contributed by atoms with van der Waals surface area (Å²) in [5, 5.41) is 0. The Bertz CT molecular complexity index is 610. The van der Waals surface area contributed by atoms with Gasteiger partial charge in [-0.1, -0.05) is 12.1 Å². The molecular formula is C14H11F4NO. The quantitative estimate of drug-likeness (QED) is 0.683. The Morgan fingerprint density at radius 1 is 1.05 bits per heavy atom. The zero-order valence-corrected chi connectivity index (χ0v) is 10.2. The lowest BCUT2D eigenvalue weighted by atomic mass is 10.1. The minimum Gasteiger partial charge on any atom is -0.489 e. The highest BCUT2D eigenvalue weighted by molar-refractivity contribution is 5.43. The summed E-state index contributed by atoms with van der Waals surface area (Å²) in [5.41, 5.74) is 5.07. The molecule has 0 amide bonds. The molecule has 2 aromatic rings. The second-order valence-corrected chi connectivity index (χ2v) is 4.17. The normalized spacial score (nSPS) is 11.4. The fourth-order valence-electron chi connectivity index (χ4n) is 1.65.